The fourth-order valence-electron chi connectivity index (χ4n) is 1.63. The van der Waals surface area contributed by atoms with E-state index in [4.69, 9.17) is 5.11 Å². The molecule has 0 unspecified atom stereocenters. The molecule has 0 atom stereocenters. The number of benzene rings is 2. The zero-order valence-corrected chi connectivity index (χ0v) is 11.2. The molecule has 0 radical (unpaired) electrons. The van der Waals surface area contributed by atoms with Crippen LogP contribution in [0, 0.1) is 5.82 Å². The lowest BCUT2D eigenvalue weighted by Gasteiger charge is -2.08. The van der Waals surface area contributed by atoms with E-state index < -0.39 is 0 Å². The van der Waals surface area contributed by atoms with E-state index in [1.165, 1.54) is 6.07 Å². The Kier molecular flexibility index (Phi) is 4.33. The van der Waals surface area contributed by atoms with E-state index in [2.05, 4.69) is 21.2 Å². The van der Waals surface area contributed by atoms with Crippen LogP contribution in [0.5, 0.6) is 0 Å². The molecule has 2 aromatic carbocycles. The van der Waals surface area contributed by atoms with Crippen molar-refractivity contribution in [2.45, 2.75) is 13.2 Å². The van der Waals surface area contributed by atoms with Gasteiger partial charge in [-0.1, -0.05) is 18.2 Å². The van der Waals surface area contributed by atoms with Gasteiger partial charge in [0.1, 0.15) is 5.82 Å². The van der Waals surface area contributed by atoms with E-state index in [1.54, 1.807) is 12.1 Å². The zero-order valence-electron chi connectivity index (χ0n) is 9.66. The molecule has 0 amide bonds. The normalized spacial score (nSPS) is 10.4. The Morgan fingerprint density at radius 3 is 2.67 bits per heavy atom. The second kappa shape index (κ2) is 5.98. The van der Waals surface area contributed by atoms with E-state index in [-0.39, 0.29) is 12.4 Å². The van der Waals surface area contributed by atoms with Crippen molar-refractivity contribution in [1.29, 1.82) is 0 Å². The Labute approximate surface area is 114 Å². The average molecular weight is 310 g/mol. The molecule has 0 aliphatic rings. The molecule has 4 heteroatoms. The largest absolute Gasteiger partial charge is 0.392 e. The summed E-state index contributed by atoms with van der Waals surface area (Å²) in [7, 11) is 0. The van der Waals surface area contributed by atoms with Crippen LogP contribution < -0.4 is 5.32 Å². The highest BCUT2D eigenvalue weighted by Gasteiger charge is 2.01. The molecule has 94 valence electrons. The maximum Gasteiger partial charge on any atom is 0.137 e. The molecule has 2 N–H and O–H groups in total. The van der Waals surface area contributed by atoms with E-state index in [0.29, 0.717) is 11.0 Å². The Bertz CT molecular complexity index is 545. The lowest BCUT2D eigenvalue weighted by atomic mass is 10.2. The van der Waals surface area contributed by atoms with Crippen LogP contribution in [-0.4, -0.2) is 5.11 Å². The van der Waals surface area contributed by atoms with Crippen LogP contribution in [-0.2, 0) is 13.2 Å². The van der Waals surface area contributed by atoms with Crippen molar-refractivity contribution in [2.75, 3.05) is 5.32 Å². The maximum absolute atomic E-state index is 13.1. The van der Waals surface area contributed by atoms with Crippen molar-refractivity contribution in [3.8, 4) is 0 Å². The molecule has 0 aliphatic carbocycles. The number of anilines is 1. The summed E-state index contributed by atoms with van der Waals surface area (Å²) in [6.45, 7) is 0.630. The third-order valence-electron chi connectivity index (χ3n) is 2.59. The van der Waals surface area contributed by atoms with Gasteiger partial charge in [0.25, 0.3) is 0 Å². The molecule has 2 aromatic rings. The molecule has 0 saturated heterocycles. The quantitative estimate of drug-likeness (QED) is 0.902. The van der Waals surface area contributed by atoms with E-state index >= 15 is 0 Å². The van der Waals surface area contributed by atoms with Gasteiger partial charge in [0.2, 0.25) is 0 Å². The molecular formula is C14H13BrFNO. The van der Waals surface area contributed by atoms with Crippen molar-refractivity contribution in [1.82, 2.24) is 0 Å². The molecule has 2 nitrogen and oxygen atoms in total. The van der Waals surface area contributed by atoms with Crippen LogP contribution in [0.3, 0.4) is 0 Å². The predicted molar refractivity (Wildman–Crippen MR) is 73.8 cm³/mol. The smallest absolute Gasteiger partial charge is 0.137 e. The van der Waals surface area contributed by atoms with Crippen molar-refractivity contribution in [3.05, 3.63) is 63.9 Å². The summed E-state index contributed by atoms with van der Waals surface area (Å²) in [5.41, 5.74) is 2.78. The fraction of sp³-hybridized carbons (Fsp3) is 0.143. The molecule has 0 saturated carbocycles. The number of halogens is 2. The molecule has 0 heterocycles. The minimum absolute atomic E-state index is 0.0254. The molecule has 18 heavy (non-hydrogen) atoms. The van der Waals surface area contributed by atoms with Crippen molar-refractivity contribution in [2.24, 2.45) is 0 Å². The maximum atomic E-state index is 13.1. The molecule has 0 spiro atoms. The van der Waals surface area contributed by atoms with Crippen LogP contribution in [0.1, 0.15) is 11.1 Å². The SMILES string of the molecule is OCc1cccc(NCc2ccc(F)c(Br)c2)c1. The van der Waals surface area contributed by atoms with Gasteiger partial charge in [-0.05, 0) is 51.3 Å². The van der Waals surface area contributed by atoms with Gasteiger partial charge in [-0.25, -0.2) is 4.39 Å². The van der Waals surface area contributed by atoms with Crippen LogP contribution in [0.2, 0.25) is 0 Å². The van der Waals surface area contributed by atoms with Crippen molar-refractivity contribution in [3.63, 3.8) is 0 Å². The summed E-state index contributed by atoms with van der Waals surface area (Å²) in [4.78, 5) is 0. The number of aliphatic hydroxyl groups excluding tert-OH is 1. The first-order chi connectivity index (χ1) is 8.69. The van der Waals surface area contributed by atoms with Crippen LogP contribution in [0.4, 0.5) is 10.1 Å². The third kappa shape index (κ3) is 3.31. The van der Waals surface area contributed by atoms with E-state index in [0.717, 1.165) is 16.8 Å². The highest BCUT2D eigenvalue weighted by molar-refractivity contribution is 9.10. The Balaban J connectivity index is 2.04. The summed E-state index contributed by atoms with van der Waals surface area (Å²) in [6, 6.07) is 12.5. The second-order valence-electron chi connectivity index (χ2n) is 3.96. The number of hydrogen-bond acceptors (Lipinski definition) is 2. The van der Waals surface area contributed by atoms with Gasteiger partial charge < -0.3 is 10.4 Å². The van der Waals surface area contributed by atoms with Crippen molar-refractivity contribution < 1.29 is 9.50 Å². The average Bonchev–Trinajstić information content (AvgIpc) is 2.40. The molecule has 0 aliphatic heterocycles. The standard InChI is InChI=1S/C14H13BrFNO/c15-13-7-10(4-5-14(13)16)8-17-12-3-1-2-11(6-12)9-18/h1-7,17-18H,8-9H2. The number of aliphatic hydroxyl groups is 1. The molecule has 0 aromatic heterocycles. The summed E-state index contributed by atoms with van der Waals surface area (Å²) in [5.74, 6) is -0.263. The highest BCUT2D eigenvalue weighted by atomic mass is 79.9. The topological polar surface area (TPSA) is 32.3 Å². The monoisotopic (exact) mass is 309 g/mol. The fourth-order valence-corrected chi connectivity index (χ4v) is 2.06. The summed E-state index contributed by atoms with van der Waals surface area (Å²) in [6.07, 6.45) is 0. The van der Waals surface area contributed by atoms with E-state index in [9.17, 15) is 4.39 Å². The van der Waals surface area contributed by atoms with Gasteiger partial charge in [0, 0.05) is 12.2 Å². The summed E-state index contributed by atoms with van der Waals surface area (Å²) in [5, 5.41) is 12.3. The second-order valence-corrected chi connectivity index (χ2v) is 4.81. The highest BCUT2D eigenvalue weighted by Crippen LogP contribution is 2.18. The molecule has 0 fully saturated rings. The van der Waals surface area contributed by atoms with Gasteiger partial charge in [0.15, 0.2) is 0 Å². The number of rotatable bonds is 4. The lowest BCUT2D eigenvalue weighted by Crippen LogP contribution is -2.00. The third-order valence-corrected chi connectivity index (χ3v) is 3.20. The van der Waals surface area contributed by atoms with Crippen LogP contribution in [0.25, 0.3) is 0 Å². The van der Waals surface area contributed by atoms with Gasteiger partial charge >= 0.3 is 0 Å². The predicted octanol–water partition coefficient (Wildman–Crippen LogP) is 3.69. The van der Waals surface area contributed by atoms with Gasteiger partial charge in [-0.15, -0.1) is 0 Å². The summed E-state index contributed by atoms with van der Waals surface area (Å²) >= 11 is 3.16. The zero-order chi connectivity index (χ0) is 13.0. The number of hydrogen-bond donors (Lipinski definition) is 2. The first-order valence-corrected chi connectivity index (χ1v) is 6.36. The lowest BCUT2D eigenvalue weighted by molar-refractivity contribution is 0.282. The van der Waals surface area contributed by atoms with Gasteiger partial charge in [-0.2, -0.15) is 0 Å². The van der Waals surface area contributed by atoms with Crippen LogP contribution >= 0.6 is 15.9 Å². The minimum Gasteiger partial charge on any atom is -0.392 e. The molecule has 0 bridgehead atoms. The first kappa shape index (κ1) is 13.1. The Hall–Kier alpha value is -1.39. The van der Waals surface area contributed by atoms with Gasteiger partial charge in [-0.3, -0.25) is 0 Å². The molecule has 2 rings (SSSR count). The first-order valence-electron chi connectivity index (χ1n) is 5.56. The Morgan fingerprint density at radius 1 is 1.11 bits per heavy atom. The molecular weight excluding hydrogens is 297 g/mol. The Morgan fingerprint density at radius 2 is 1.94 bits per heavy atom. The van der Waals surface area contributed by atoms with Gasteiger partial charge in [0.05, 0.1) is 11.1 Å². The number of nitrogens with one attached hydrogen (secondary N) is 1. The van der Waals surface area contributed by atoms with E-state index in [1.807, 2.05) is 24.3 Å². The van der Waals surface area contributed by atoms with Crippen LogP contribution in [0.15, 0.2) is 46.9 Å². The van der Waals surface area contributed by atoms with Crippen molar-refractivity contribution >= 4 is 21.6 Å². The minimum atomic E-state index is -0.263. The summed E-state index contributed by atoms with van der Waals surface area (Å²) < 4.78 is 13.5.